The van der Waals surface area contributed by atoms with Gasteiger partial charge in [-0.25, -0.2) is 0 Å². The maximum atomic E-state index is 14.3. The van der Waals surface area contributed by atoms with Crippen molar-refractivity contribution in [3.8, 4) is 17.2 Å². The van der Waals surface area contributed by atoms with Crippen LogP contribution in [-0.4, -0.2) is 143 Å². The van der Waals surface area contributed by atoms with Crippen molar-refractivity contribution in [3.05, 3.63) is 51.6 Å². The van der Waals surface area contributed by atoms with E-state index in [1.54, 1.807) is 7.11 Å². The number of fused-ring (bicyclic) bond motifs is 6. The van der Waals surface area contributed by atoms with Gasteiger partial charge >= 0.3 is 0 Å². The Morgan fingerprint density at radius 2 is 1.80 bits per heavy atom. The van der Waals surface area contributed by atoms with Crippen LogP contribution in [0.15, 0.2) is 18.2 Å². The Balaban J connectivity index is 1.08. The zero-order valence-corrected chi connectivity index (χ0v) is 31.5. The van der Waals surface area contributed by atoms with Crippen LogP contribution >= 0.6 is 12.6 Å². The van der Waals surface area contributed by atoms with Crippen molar-refractivity contribution >= 4 is 41.9 Å². The largest absolute Gasteiger partial charge is 0.507 e. The second-order valence-electron chi connectivity index (χ2n) is 14.9. The molecule has 18 nitrogen and oxygen atoms in total. The van der Waals surface area contributed by atoms with Crippen LogP contribution in [0.4, 0.5) is 0 Å². The highest BCUT2D eigenvalue weighted by atomic mass is 32.1. The van der Waals surface area contributed by atoms with Crippen LogP contribution < -0.4 is 10.3 Å². The molecule has 5 saturated heterocycles. The van der Waals surface area contributed by atoms with E-state index in [1.165, 1.54) is 25.3 Å². The average molecular weight is 797 g/mol. The van der Waals surface area contributed by atoms with Crippen LogP contribution in [0.1, 0.15) is 75.3 Å². The van der Waals surface area contributed by atoms with E-state index < -0.39 is 93.8 Å². The number of hydrogen-bond acceptors (Lipinski definition) is 17. The lowest BCUT2D eigenvalue weighted by molar-refractivity contribution is -0.257. The molecule has 3 amide bonds. The molecule has 0 aromatic heterocycles. The normalized spacial score (nSPS) is 33.8. The lowest BCUT2D eigenvalue weighted by atomic mass is 9.72. The van der Waals surface area contributed by atoms with E-state index in [-0.39, 0.29) is 72.5 Å². The molecule has 0 radical (unpaired) electrons. The first kappa shape index (κ1) is 37.4. The minimum Gasteiger partial charge on any atom is -0.507 e. The van der Waals surface area contributed by atoms with Crippen molar-refractivity contribution in [2.45, 2.75) is 86.6 Å². The number of phenols is 2. The highest BCUT2D eigenvalue weighted by Gasteiger charge is 2.58. The molecular formula is C37H40N4O14S. The van der Waals surface area contributed by atoms with Crippen LogP contribution in [0, 0.1) is 0 Å². The van der Waals surface area contributed by atoms with Gasteiger partial charge in [0.25, 0.3) is 5.91 Å². The number of nitrogens with zero attached hydrogens (tertiary/aromatic N) is 3. The number of likely N-dealkylation sites (tertiary alicyclic amines) is 1. The molecule has 7 aliphatic rings. The zero-order chi connectivity index (χ0) is 39.4. The number of phenolic OH excluding ortho intramolecular Hbond substituents is 2. The highest BCUT2D eigenvalue weighted by molar-refractivity contribution is 7.81. The fourth-order valence-corrected chi connectivity index (χ4v) is 9.57. The van der Waals surface area contributed by atoms with Crippen LogP contribution in [0.2, 0.25) is 0 Å². The number of carbonyl (C=O) groups is 5. The molecule has 56 heavy (non-hydrogen) atoms. The molecule has 5 heterocycles. The maximum absolute atomic E-state index is 14.3. The van der Waals surface area contributed by atoms with Gasteiger partial charge < -0.3 is 38.6 Å². The molecule has 3 N–H and O–H groups in total. The fraction of sp³-hybridized carbons (Fsp3) is 0.541. The third-order valence-electron chi connectivity index (χ3n) is 11.9. The number of rotatable bonds is 7. The molecule has 2 aliphatic carbocycles. The summed E-state index contributed by atoms with van der Waals surface area (Å²) in [6.07, 6.45) is -4.44. The Hall–Kier alpha value is -4.18. The van der Waals surface area contributed by atoms with E-state index in [4.69, 9.17) is 33.3 Å². The summed E-state index contributed by atoms with van der Waals surface area (Å²) in [6, 6.07) is 4.29. The smallest absolute Gasteiger partial charge is 0.273 e. The quantitative estimate of drug-likeness (QED) is 0.146. The molecule has 0 saturated carbocycles. The molecule has 19 heteroatoms. The minimum absolute atomic E-state index is 0.000881. The Morgan fingerprint density at radius 1 is 1.02 bits per heavy atom. The number of methoxy groups -OCH3 is 2. The van der Waals surface area contributed by atoms with Gasteiger partial charge in [-0.05, 0) is 13.0 Å². The van der Waals surface area contributed by atoms with Gasteiger partial charge in [-0.1, -0.05) is 12.1 Å². The maximum Gasteiger partial charge on any atom is 0.273 e. The Labute approximate surface area is 325 Å². The summed E-state index contributed by atoms with van der Waals surface area (Å²) in [5.74, 6) is -4.06. The van der Waals surface area contributed by atoms with Crippen molar-refractivity contribution in [2.75, 3.05) is 40.5 Å². The Kier molecular flexibility index (Phi) is 9.18. The van der Waals surface area contributed by atoms with E-state index >= 15 is 0 Å². The van der Waals surface area contributed by atoms with Gasteiger partial charge in [0.1, 0.15) is 23.4 Å². The summed E-state index contributed by atoms with van der Waals surface area (Å²) >= 11 is 4.17. The zero-order valence-electron chi connectivity index (χ0n) is 30.6. The third-order valence-corrected chi connectivity index (χ3v) is 12.3. The monoisotopic (exact) mass is 796 g/mol. The van der Waals surface area contributed by atoms with Crippen molar-refractivity contribution in [2.24, 2.45) is 0 Å². The number of benzene rings is 2. The topological polar surface area (TPSA) is 212 Å². The summed E-state index contributed by atoms with van der Waals surface area (Å²) in [5.41, 5.74) is -0.140. The number of thiol groups is 1. The van der Waals surface area contributed by atoms with Crippen LogP contribution in [0.3, 0.4) is 0 Å². The number of hydrogen-bond donors (Lipinski definition) is 4. The molecule has 9 atom stereocenters. The molecule has 1 spiro atoms. The van der Waals surface area contributed by atoms with Crippen molar-refractivity contribution in [1.82, 2.24) is 20.4 Å². The molecule has 5 fully saturated rings. The van der Waals surface area contributed by atoms with E-state index in [1.807, 2.05) is 6.92 Å². The molecule has 9 rings (SSSR count). The van der Waals surface area contributed by atoms with E-state index in [0.717, 1.165) is 9.91 Å². The van der Waals surface area contributed by atoms with E-state index in [2.05, 4.69) is 23.1 Å². The summed E-state index contributed by atoms with van der Waals surface area (Å²) < 4.78 is 36.1. The molecule has 1 unspecified atom stereocenters. The molecular weight excluding hydrogens is 756 g/mol. The predicted octanol–water partition coefficient (Wildman–Crippen LogP) is 0.493. The number of aromatic hydroxyl groups is 2. The summed E-state index contributed by atoms with van der Waals surface area (Å²) in [4.78, 5) is 76.7. The SMILES string of the molecule is COc1cccc2c1C(=O)c1c(O)c3c(c(O)c1C2=O)C[C@@]1(C[C@@H]3O[C@H]2C[C@H]3[C@H](O[C@@H]4[C@@H](OC)OCCN43)[C@H](C)O2)ONN(CCN2C(=O)CC(S)C2=O)C1=O. The molecule has 0 bridgehead atoms. The fourth-order valence-electron chi connectivity index (χ4n) is 9.28. The number of hydrazine groups is 1. The van der Waals surface area contributed by atoms with Gasteiger partial charge in [0.2, 0.25) is 17.6 Å². The van der Waals surface area contributed by atoms with E-state index in [9.17, 15) is 34.2 Å². The number of imide groups is 1. The van der Waals surface area contributed by atoms with Gasteiger partial charge in [0.05, 0.1) is 54.4 Å². The van der Waals surface area contributed by atoms with Crippen molar-refractivity contribution in [3.63, 3.8) is 0 Å². The van der Waals surface area contributed by atoms with Gasteiger partial charge in [-0.2, -0.15) is 12.6 Å². The lowest BCUT2D eigenvalue weighted by Crippen LogP contribution is -2.55. The molecule has 5 aliphatic heterocycles. The number of carbonyl (C=O) groups excluding carboxylic acids is 5. The first-order chi connectivity index (χ1) is 26.9. The number of nitrogens with one attached hydrogen (secondary N) is 1. The summed E-state index contributed by atoms with van der Waals surface area (Å²) in [6.45, 7) is 2.55. The van der Waals surface area contributed by atoms with Gasteiger partial charge in [0.15, 0.2) is 30.2 Å². The number of morpholine rings is 1. The standard InChI is InChI=1S/C37H40N4O14S/c1-15-32-18(39-9-10-51-35(50-3)34(39)54-32)11-23(52-15)53-20-14-37(36(48)41(38-55-37)8-7-40-22(42)12-21(56)33(40)47)13-17-25(20)31(46)27-26(29(17)44)28(43)16-5-4-6-19(49-2)24(16)30(27)45/h4-6,15,18,20-21,23,32,34-35,38,44,46,56H,7-14H2,1-3H3/t15-,18-,20-,21?,23-,32+,34+,35-,37-/m0/s1. The minimum atomic E-state index is -1.77. The average Bonchev–Trinajstić information content (AvgIpc) is 3.79. The Morgan fingerprint density at radius 3 is 2.54 bits per heavy atom. The van der Waals surface area contributed by atoms with Crippen LogP contribution in [0.25, 0.3) is 0 Å². The van der Waals surface area contributed by atoms with E-state index in [0.29, 0.717) is 19.6 Å². The van der Waals surface area contributed by atoms with Gasteiger partial charge in [-0.3, -0.25) is 43.6 Å². The van der Waals surface area contributed by atoms with Crippen LogP contribution in [0.5, 0.6) is 17.2 Å². The molecule has 298 valence electrons. The Bertz CT molecular complexity index is 2070. The van der Waals surface area contributed by atoms with Gasteiger partial charge in [-0.15, -0.1) is 5.59 Å². The van der Waals surface area contributed by atoms with Crippen LogP contribution in [-0.2, 0) is 49.3 Å². The second kappa shape index (κ2) is 13.7. The highest BCUT2D eigenvalue weighted by Crippen LogP contribution is 2.54. The lowest BCUT2D eigenvalue weighted by Gasteiger charge is -2.43. The van der Waals surface area contributed by atoms with Gasteiger partial charge in [0, 0.05) is 68.6 Å². The third kappa shape index (κ3) is 5.51. The number of amides is 3. The number of ether oxygens (including phenoxy) is 6. The number of ketones is 2. The second-order valence-corrected chi connectivity index (χ2v) is 15.5. The van der Waals surface area contributed by atoms with Crippen molar-refractivity contribution < 1.29 is 67.4 Å². The molecule has 2 aromatic rings. The summed E-state index contributed by atoms with van der Waals surface area (Å²) in [7, 11) is 2.89. The predicted molar refractivity (Wildman–Crippen MR) is 189 cm³/mol. The van der Waals surface area contributed by atoms with Crippen molar-refractivity contribution in [1.29, 1.82) is 0 Å². The first-order valence-electron chi connectivity index (χ1n) is 18.4. The first-order valence-corrected chi connectivity index (χ1v) is 18.9. The molecule has 2 aromatic carbocycles. The summed E-state index contributed by atoms with van der Waals surface area (Å²) in [5, 5.41) is 24.4.